The average Bonchev–Trinajstić information content (AvgIpc) is 2.17. The molecule has 3 heteroatoms. The Balaban J connectivity index is 3.53. The second kappa shape index (κ2) is 4.88. The van der Waals surface area contributed by atoms with Crippen molar-refractivity contribution in [3.05, 3.63) is 33.7 Å². The van der Waals surface area contributed by atoms with Gasteiger partial charge in [0, 0.05) is 18.3 Å². The van der Waals surface area contributed by atoms with Gasteiger partial charge in [0.1, 0.15) is 0 Å². The van der Waals surface area contributed by atoms with Crippen LogP contribution in [0.2, 0.25) is 0 Å². The number of pyridine rings is 1. The number of aliphatic hydroxyl groups is 1. The highest BCUT2D eigenvalue weighted by Gasteiger charge is 2.23. The van der Waals surface area contributed by atoms with E-state index in [9.17, 15) is 4.79 Å². The van der Waals surface area contributed by atoms with Crippen molar-refractivity contribution in [2.45, 2.75) is 58.9 Å². The highest BCUT2D eigenvalue weighted by atomic mass is 16.3. The zero-order valence-electron chi connectivity index (χ0n) is 12.4. The maximum absolute atomic E-state index is 12.3. The third-order valence-corrected chi connectivity index (χ3v) is 3.10. The second-order valence-corrected chi connectivity index (χ2v) is 6.86. The minimum Gasteiger partial charge on any atom is -0.395 e. The van der Waals surface area contributed by atoms with Crippen LogP contribution in [0.25, 0.3) is 0 Å². The second-order valence-electron chi connectivity index (χ2n) is 6.86. The van der Waals surface area contributed by atoms with E-state index in [1.54, 1.807) is 4.57 Å². The molecule has 0 radical (unpaired) electrons. The van der Waals surface area contributed by atoms with Gasteiger partial charge in [0.15, 0.2) is 0 Å². The van der Waals surface area contributed by atoms with E-state index < -0.39 is 0 Å². The summed E-state index contributed by atoms with van der Waals surface area (Å²) in [7, 11) is 0. The molecular formula is C15H25NO2. The molecule has 1 aromatic rings. The predicted molar refractivity (Wildman–Crippen MR) is 75.2 cm³/mol. The van der Waals surface area contributed by atoms with Crippen molar-refractivity contribution in [1.29, 1.82) is 0 Å². The van der Waals surface area contributed by atoms with Crippen LogP contribution in [0.3, 0.4) is 0 Å². The van der Waals surface area contributed by atoms with Crippen molar-refractivity contribution in [2.75, 3.05) is 6.61 Å². The Morgan fingerprint density at radius 2 is 1.67 bits per heavy atom. The first-order valence-electron chi connectivity index (χ1n) is 6.43. The van der Waals surface area contributed by atoms with Crippen LogP contribution in [0, 0.1) is 0 Å². The number of rotatable bonds is 2. The SMILES string of the molecule is CC(C)(C)c1cc(C(C)(C)C)c(=O)n(CCO)c1. The van der Waals surface area contributed by atoms with Gasteiger partial charge < -0.3 is 9.67 Å². The summed E-state index contributed by atoms with van der Waals surface area (Å²) in [5.41, 5.74) is 1.74. The molecule has 0 aliphatic rings. The van der Waals surface area contributed by atoms with Crippen LogP contribution in [0.5, 0.6) is 0 Å². The summed E-state index contributed by atoms with van der Waals surface area (Å²) >= 11 is 0. The molecule has 1 aromatic heterocycles. The zero-order chi connectivity index (χ0) is 14.1. The Hall–Kier alpha value is -1.09. The minimum absolute atomic E-state index is 0.00421. The first-order chi connectivity index (χ1) is 8.07. The summed E-state index contributed by atoms with van der Waals surface area (Å²) in [6, 6.07) is 2.01. The average molecular weight is 251 g/mol. The van der Waals surface area contributed by atoms with Crippen molar-refractivity contribution in [2.24, 2.45) is 0 Å². The van der Waals surface area contributed by atoms with Gasteiger partial charge in [-0.1, -0.05) is 41.5 Å². The van der Waals surface area contributed by atoms with E-state index in [0.717, 1.165) is 11.1 Å². The van der Waals surface area contributed by atoms with Gasteiger partial charge in [-0.25, -0.2) is 0 Å². The van der Waals surface area contributed by atoms with Gasteiger partial charge in [-0.2, -0.15) is 0 Å². The van der Waals surface area contributed by atoms with E-state index >= 15 is 0 Å². The third kappa shape index (κ3) is 3.22. The Labute approximate surface area is 109 Å². The van der Waals surface area contributed by atoms with Gasteiger partial charge in [-0.15, -0.1) is 0 Å². The molecule has 1 rings (SSSR count). The number of aliphatic hydroxyl groups excluding tert-OH is 1. The van der Waals surface area contributed by atoms with Crippen molar-refractivity contribution in [3.8, 4) is 0 Å². The van der Waals surface area contributed by atoms with Crippen LogP contribution < -0.4 is 5.56 Å². The minimum atomic E-state index is -0.185. The molecule has 1 N–H and O–H groups in total. The summed E-state index contributed by atoms with van der Waals surface area (Å²) in [4.78, 5) is 12.3. The molecule has 0 spiro atoms. The highest BCUT2D eigenvalue weighted by molar-refractivity contribution is 5.29. The lowest BCUT2D eigenvalue weighted by atomic mass is 9.82. The van der Waals surface area contributed by atoms with E-state index in [0.29, 0.717) is 6.54 Å². The van der Waals surface area contributed by atoms with E-state index in [4.69, 9.17) is 5.11 Å². The van der Waals surface area contributed by atoms with E-state index in [2.05, 4.69) is 20.8 Å². The van der Waals surface area contributed by atoms with Gasteiger partial charge >= 0.3 is 0 Å². The molecule has 0 aliphatic carbocycles. The Bertz CT molecular complexity index is 473. The van der Waals surface area contributed by atoms with Gasteiger partial charge in [0.05, 0.1) is 6.61 Å². The van der Waals surface area contributed by atoms with Crippen LogP contribution in [-0.4, -0.2) is 16.3 Å². The lowest BCUT2D eigenvalue weighted by Crippen LogP contribution is -2.33. The largest absolute Gasteiger partial charge is 0.395 e. The van der Waals surface area contributed by atoms with Crippen LogP contribution in [0.4, 0.5) is 0 Å². The summed E-state index contributed by atoms with van der Waals surface area (Å²) < 4.78 is 1.63. The molecule has 0 aromatic carbocycles. The number of hydrogen-bond donors (Lipinski definition) is 1. The quantitative estimate of drug-likeness (QED) is 0.877. The van der Waals surface area contributed by atoms with E-state index in [1.165, 1.54) is 0 Å². The summed E-state index contributed by atoms with van der Waals surface area (Å²) in [6.45, 7) is 12.8. The normalized spacial score (nSPS) is 12.8. The smallest absolute Gasteiger partial charge is 0.254 e. The monoisotopic (exact) mass is 251 g/mol. The first kappa shape index (κ1) is 15.0. The summed E-state index contributed by atoms with van der Waals surface area (Å²) in [5, 5.41) is 9.07. The molecule has 3 nitrogen and oxygen atoms in total. The molecule has 0 fully saturated rings. The third-order valence-electron chi connectivity index (χ3n) is 3.10. The fourth-order valence-electron chi connectivity index (χ4n) is 1.86. The molecule has 0 aliphatic heterocycles. The first-order valence-corrected chi connectivity index (χ1v) is 6.43. The Kier molecular flexibility index (Phi) is 4.06. The topological polar surface area (TPSA) is 42.2 Å². The zero-order valence-corrected chi connectivity index (χ0v) is 12.4. The Morgan fingerprint density at radius 3 is 2.06 bits per heavy atom. The number of nitrogens with zero attached hydrogens (tertiary/aromatic N) is 1. The molecule has 0 unspecified atom stereocenters. The molecule has 0 atom stereocenters. The van der Waals surface area contributed by atoms with Gasteiger partial charge in [0.2, 0.25) is 0 Å². The molecule has 0 saturated heterocycles. The standard InChI is InChI=1S/C15H25NO2/c1-14(2,3)11-9-12(15(4,5)6)13(18)16(10-11)7-8-17/h9-10,17H,7-8H2,1-6H3. The van der Waals surface area contributed by atoms with Crippen molar-refractivity contribution < 1.29 is 5.11 Å². The fraction of sp³-hybridized carbons (Fsp3) is 0.667. The molecule has 0 saturated carbocycles. The van der Waals surface area contributed by atoms with Crippen molar-refractivity contribution >= 4 is 0 Å². The van der Waals surface area contributed by atoms with Crippen molar-refractivity contribution in [1.82, 2.24) is 4.57 Å². The fourth-order valence-corrected chi connectivity index (χ4v) is 1.86. The molecule has 0 bridgehead atoms. The van der Waals surface area contributed by atoms with E-state index in [-0.39, 0.29) is 23.0 Å². The maximum Gasteiger partial charge on any atom is 0.254 e. The number of aromatic nitrogens is 1. The van der Waals surface area contributed by atoms with Crippen molar-refractivity contribution in [3.63, 3.8) is 0 Å². The van der Waals surface area contributed by atoms with E-state index in [1.807, 2.05) is 33.0 Å². The van der Waals surface area contributed by atoms with Crippen LogP contribution in [0.15, 0.2) is 17.1 Å². The lowest BCUT2D eigenvalue weighted by molar-refractivity contribution is 0.273. The lowest BCUT2D eigenvalue weighted by Gasteiger charge is -2.25. The molecule has 18 heavy (non-hydrogen) atoms. The predicted octanol–water partition coefficient (Wildman–Crippen LogP) is 2.44. The van der Waals surface area contributed by atoms with Crippen LogP contribution in [-0.2, 0) is 17.4 Å². The van der Waals surface area contributed by atoms with Gasteiger partial charge in [-0.3, -0.25) is 4.79 Å². The maximum atomic E-state index is 12.3. The van der Waals surface area contributed by atoms with Crippen LogP contribution >= 0.6 is 0 Å². The van der Waals surface area contributed by atoms with Gasteiger partial charge in [0.25, 0.3) is 5.56 Å². The number of hydrogen-bond acceptors (Lipinski definition) is 2. The molecule has 1 heterocycles. The summed E-state index contributed by atoms with van der Waals surface area (Å²) in [5.74, 6) is 0. The van der Waals surface area contributed by atoms with Gasteiger partial charge in [-0.05, 0) is 22.5 Å². The molecule has 102 valence electrons. The highest BCUT2D eigenvalue weighted by Crippen LogP contribution is 2.26. The molecule has 0 amide bonds. The van der Waals surface area contributed by atoms with Crippen LogP contribution in [0.1, 0.15) is 52.7 Å². The summed E-state index contributed by atoms with van der Waals surface area (Å²) in [6.07, 6.45) is 1.87. The Morgan fingerprint density at radius 1 is 1.11 bits per heavy atom. The molecular weight excluding hydrogens is 226 g/mol.